The molecule has 0 aromatic heterocycles. The van der Waals surface area contributed by atoms with E-state index >= 15 is 0 Å². The van der Waals surface area contributed by atoms with E-state index in [1.807, 2.05) is 0 Å². The number of amides is 1. The first-order valence-electron chi connectivity index (χ1n) is 6.87. The summed E-state index contributed by atoms with van der Waals surface area (Å²) in [5.74, 6) is -1.62. The highest BCUT2D eigenvalue weighted by Gasteiger charge is 2.44. The Balaban J connectivity index is 2.31. The van der Waals surface area contributed by atoms with Crippen LogP contribution in [0, 0.1) is 11.6 Å². The molecular formula is C15H19F2NO2. The van der Waals surface area contributed by atoms with Crippen LogP contribution >= 0.6 is 0 Å². The molecule has 0 radical (unpaired) electrons. The number of hydrogen-bond donors (Lipinski definition) is 2. The smallest absolute Gasteiger partial charge is 0.230 e. The van der Waals surface area contributed by atoms with Gasteiger partial charge in [0.1, 0.15) is 11.6 Å². The molecule has 5 heteroatoms. The van der Waals surface area contributed by atoms with E-state index in [-0.39, 0.29) is 18.0 Å². The molecule has 110 valence electrons. The van der Waals surface area contributed by atoms with Gasteiger partial charge in [-0.2, -0.15) is 0 Å². The number of aliphatic hydroxyl groups excluding tert-OH is 1. The Labute approximate surface area is 117 Å². The van der Waals surface area contributed by atoms with E-state index in [4.69, 9.17) is 0 Å². The lowest BCUT2D eigenvalue weighted by Gasteiger charge is -2.29. The maximum atomic E-state index is 14.0. The minimum Gasteiger partial charge on any atom is -0.392 e. The Morgan fingerprint density at radius 3 is 2.60 bits per heavy atom. The standard InChI is InChI=1S/C15H19F2NO2/c1-10(19)9-18-14(20)15(6-2-3-7-15)12-5-4-11(16)8-13(12)17/h4-5,8,10,19H,2-3,6-7,9H2,1H3,(H,18,20). The monoisotopic (exact) mass is 283 g/mol. The zero-order chi connectivity index (χ0) is 14.8. The van der Waals surface area contributed by atoms with Crippen molar-refractivity contribution in [2.24, 2.45) is 0 Å². The lowest BCUT2D eigenvalue weighted by Crippen LogP contribution is -2.45. The van der Waals surface area contributed by atoms with Crippen LogP contribution in [0.4, 0.5) is 8.78 Å². The van der Waals surface area contributed by atoms with Gasteiger partial charge in [-0.1, -0.05) is 18.9 Å². The second-order valence-electron chi connectivity index (χ2n) is 5.47. The average molecular weight is 283 g/mol. The molecule has 1 atom stereocenters. The summed E-state index contributed by atoms with van der Waals surface area (Å²) in [7, 11) is 0. The summed E-state index contributed by atoms with van der Waals surface area (Å²) in [5.41, 5.74) is -0.688. The van der Waals surface area contributed by atoms with E-state index < -0.39 is 23.2 Å². The Bertz CT molecular complexity index is 497. The van der Waals surface area contributed by atoms with E-state index in [2.05, 4.69) is 5.32 Å². The van der Waals surface area contributed by atoms with Crippen LogP contribution in [0.2, 0.25) is 0 Å². The normalized spacial score (nSPS) is 18.8. The number of rotatable bonds is 4. The fourth-order valence-electron chi connectivity index (χ4n) is 2.88. The molecule has 1 aliphatic carbocycles. The van der Waals surface area contributed by atoms with Crippen molar-refractivity contribution in [3.63, 3.8) is 0 Å². The maximum absolute atomic E-state index is 14.0. The number of benzene rings is 1. The second-order valence-corrected chi connectivity index (χ2v) is 5.47. The molecule has 0 saturated heterocycles. The first kappa shape index (κ1) is 14.9. The summed E-state index contributed by atoms with van der Waals surface area (Å²) in [5, 5.41) is 11.9. The molecule has 1 amide bonds. The molecule has 0 spiro atoms. The van der Waals surface area contributed by atoms with Gasteiger partial charge in [-0.25, -0.2) is 8.78 Å². The molecule has 1 aromatic rings. The van der Waals surface area contributed by atoms with Crippen LogP contribution in [0.5, 0.6) is 0 Å². The SMILES string of the molecule is CC(O)CNC(=O)C1(c2ccc(F)cc2F)CCCC1. The van der Waals surface area contributed by atoms with Gasteiger partial charge in [0.25, 0.3) is 0 Å². The molecule has 3 nitrogen and oxygen atoms in total. The van der Waals surface area contributed by atoms with Crippen molar-refractivity contribution >= 4 is 5.91 Å². The first-order chi connectivity index (χ1) is 9.45. The summed E-state index contributed by atoms with van der Waals surface area (Å²) in [6.07, 6.45) is 2.09. The van der Waals surface area contributed by atoms with Crippen LogP contribution in [0.15, 0.2) is 18.2 Å². The van der Waals surface area contributed by atoms with Crippen LogP contribution in [-0.4, -0.2) is 23.7 Å². The molecule has 1 fully saturated rings. The Morgan fingerprint density at radius 2 is 2.05 bits per heavy atom. The predicted molar refractivity (Wildman–Crippen MR) is 71.2 cm³/mol. The van der Waals surface area contributed by atoms with Crippen molar-refractivity contribution in [1.82, 2.24) is 5.32 Å². The van der Waals surface area contributed by atoms with Crippen molar-refractivity contribution < 1.29 is 18.7 Å². The molecule has 1 aliphatic rings. The molecule has 1 aromatic carbocycles. The van der Waals surface area contributed by atoms with Crippen molar-refractivity contribution in [2.75, 3.05) is 6.54 Å². The van der Waals surface area contributed by atoms with E-state index in [1.54, 1.807) is 6.92 Å². The predicted octanol–water partition coefficient (Wildman–Crippen LogP) is 2.27. The number of aliphatic hydroxyl groups is 1. The molecule has 20 heavy (non-hydrogen) atoms. The van der Waals surface area contributed by atoms with Crippen LogP contribution < -0.4 is 5.32 Å². The number of halogens is 2. The Morgan fingerprint density at radius 1 is 1.40 bits per heavy atom. The highest BCUT2D eigenvalue weighted by molar-refractivity contribution is 5.88. The fourth-order valence-corrected chi connectivity index (χ4v) is 2.88. The molecule has 0 heterocycles. The molecule has 1 unspecified atom stereocenters. The van der Waals surface area contributed by atoms with Gasteiger partial charge < -0.3 is 10.4 Å². The van der Waals surface area contributed by atoms with Crippen LogP contribution in [-0.2, 0) is 10.2 Å². The van der Waals surface area contributed by atoms with Gasteiger partial charge in [0.2, 0.25) is 5.91 Å². The zero-order valence-electron chi connectivity index (χ0n) is 11.5. The van der Waals surface area contributed by atoms with Gasteiger partial charge in [0.15, 0.2) is 0 Å². The van der Waals surface area contributed by atoms with Gasteiger partial charge in [-0.3, -0.25) is 4.79 Å². The molecule has 0 aliphatic heterocycles. The lowest BCUT2D eigenvalue weighted by molar-refractivity contribution is -0.127. The Kier molecular flexibility index (Phi) is 4.38. The first-order valence-corrected chi connectivity index (χ1v) is 6.87. The van der Waals surface area contributed by atoms with Crippen LogP contribution in [0.1, 0.15) is 38.2 Å². The van der Waals surface area contributed by atoms with E-state index in [1.165, 1.54) is 12.1 Å². The van der Waals surface area contributed by atoms with Gasteiger partial charge in [0, 0.05) is 18.2 Å². The van der Waals surface area contributed by atoms with E-state index in [0.29, 0.717) is 12.8 Å². The third kappa shape index (κ3) is 2.82. The van der Waals surface area contributed by atoms with Crippen LogP contribution in [0.25, 0.3) is 0 Å². The number of carbonyl (C=O) groups is 1. The molecule has 1 saturated carbocycles. The molecular weight excluding hydrogens is 264 g/mol. The summed E-state index contributed by atoms with van der Waals surface area (Å²) in [6.45, 7) is 1.70. The topological polar surface area (TPSA) is 49.3 Å². The van der Waals surface area contributed by atoms with Gasteiger partial charge >= 0.3 is 0 Å². The summed E-state index contributed by atoms with van der Waals surface area (Å²) >= 11 is 0. The number of nitrogens with one attached hydrogen (secondary N) is 1. The second kappa shape index (κ2) is 5.87. The van der Waals surface area contributed by atoms with Crippen molar-refractivity contribution in [1.29, 1.82) is 0 Å². The summed E-state index contributed by atoms with van der Waals surface area (Å²) in [6, 6.07) is 3.36. The number of hydrogen-bond acceptors (Lipinski definition) is 2. The summed E-state index contributed by atoms with van der Waals surface area (Å²) in [4.78, 5) is 12.4. The van der Waals surface area contributed by atoms with Crippen LogP contribution in [0.3, 0.4) is 0 Å². The minimum absolute atomic E-state index is 0.128. The van der Waals surface area contributed by atoms with Crippen molar-refractivity contribution in [3.05, 3.63) is 35.4 Å². The highest BCUT2D eigenvalue weighted by atomic mass is 19.1. The molecule has 2 rings (SSSR count). The quantitative estimate of drug-likeness (QED) is 0.890. The molecule has 2 N–H and O–H groups in total. The highest BCUT2D eigenvalue weighted by Crippen LogP contribution is 2.42. The number of carbonyl (C=O) groups excluding carboxylic acids is 1. The maximum Gasteiger partial charge on any atom is 0.230 e. The minimum atomic E-state index is -0.938. The van der Waals surface area contributed by atoms with Gasteiger partial charge in [0.05, 0.1) is 11.5 Å². The van der Waals surface area contributed by atoms with Gasteiger partial charge in [-0.15, -0.1) is 0 Å². The van der Waals surface area contributed by atoms with Crippen molar-refractivity contribution in [2.45, 2.75) is 44.1 Å². The van der Waals surface area contributed by atoms with E-state index in [0.717, 1.165) is 18.9 Å². The van der Waals surface area contributed by atoms with Crippen molar-refractivity contribution in [3.8, 4) is 0 Å². The van der Waals surface area contributed by atoms with E-state index in [9.17, 15) is 18.7 Å². The third-order valence-electron chi connectivity index (χ3n) is 3.90. The fraction of sp³-hybridized carbons (Fsp3) is 0.533. The third-order valence-corrected chi connectivity index (χ3v) is 3.90. The van der Waals surface area contributed by atoms with Gasteiger partial charge in [-0.05, 0) is 25.8 Å². The zero-order valence-corrected chi connectivity index (χ0v) is 11.5. The largest absolute Gasteiger partial charge is 0.392 e. The lowest BCUT2D eigenvalue weighted by atomic mass is 9.77. The summed E-state index contributed by atoms with van der Waals surface area (Å²) < 4.78 is 27.1. The molecule has 0 bridgehead atoms. The average Bonchev–Trinajstić information content (AvgIpc) is 2.86. The Hall–Kier alpha value is -1.49.